The lowest BCUT2D eigenvalue weighted by Gasteiger charge is -2.31. The summed E-state index contributed by atoms with van der Waals surface area (Å²) in [6.45, 7) is 7.14. The molecular weight excluding hydrogens is 426 g/mol. The highest BCUT2D eigenvalue weighted by molar-refractivity contribution is 7.89. The lowest BCUT2D eigenvalue weighted by molar-refractivity contribution is 0.0730. The summed E-state index contributed by atoms with van der Waals surface area (Å²) in [6, 6.07) is 10.8. The van der Waals surface area contributed by atoms with Gasteiger partial charge in [0.2, 0.25) is 10.0 Å². The number of ether oxygens (including phenoxy) is 1. The average molecular weight is 458 g/mol. The topological polar surface area (TPSA) is 79.0 Å². The summed E-state index contributed by atoms with van der Waals surface area (Å²) < 4.78 is 33.2. The molecule has 4 rings (SSSR count). The fourth-order valence-electron chi connectivity index (χ4n) is 4.42. The fourth-order valence-corrected chi connectivity index (χ4v) is 5.86. The predicted molar refractivity (Wildman–Crippen MR) is 126 cm³/mol. The molecule has 2 heterocycles. The third kappa shape index (κ3) is 4.98. The molecule has 2 aromatic carbocycles. The van der Waals surface area contributed by atoms with Crippen molar-refractivity contribution < 1.29 is 17.9 Å². The van der Waals surface area contributed by atoms with Crippen molar-refractivity contribution in [3.05, 3.63) is 53.1 Å². The molecule has 2 aliphatic rings. The van der Waals surface area contributed by atoms with Crippen molar-refractivity contribution in [1.82, 2.24) is 4.31 Å². The molecule has 1 amide bonds. The van der Waals surface area contributed by atoms with Gasteiger partial charge in [0.25, 0.3) is 5.91 Å². The zero-order chi connectivity index (χ0) is 22.7. The van der Waals surface area contributed by atoms with Crippen LogP contribution in [0.4, 0.5) is 11.4 Å². The number of hydrogen-bond donors (Lipinski definition) is 1. The Morgan fingerprint density at radius 2 is 1.56 bits per heavy atom. The SMILES string of the molecule is Cc1cc(C)cc(C(=O)Nc2cc(S(=O)(=O)N3CCOCC3)ccc2N2CCCCC2)c1. The maximum Gasteiger partial charge on any atom is 0.255 e. The summed E-state index contributed by atoms with van der Waals surface area (Å²) in [5, 5.41) is 3.01. The maximum absolute atomic E-state index is 13.2. The van der Waals surface area contributed by atoms with Crippen LogP contribution in [0.1, 0.15) is 40.7 Å². The van der Waals surface area contributed by atoms with E-state index in [1.807, 2.05) is 38.1 Å². The number of amides is 1. The molecule has 2 saturated heterocycles. The molecule has 2 aromatic rings. The molecule has 8 heteroatoms. The van der Waals surface area contributed by atoms with E-state index >= 15 is 0 Å². The molecule has 0 aromatic heterocycles. The van der Waals surface area contributed by atoms with Crippen LogP contribution in [0.5, 0.6) is 0 Å². The number of nitrogens with one attached hydrogen (secondary N) is 1. The molecule has 172 valence electrons. The van der Waals surface area contributed by atoms with Crippen LogP contribution in [0.3, 0.4) is 0 Å². The Hall–Kier alpha value is -2.42. The first-order valence-corrected chi connectivity index (χ1v) is 12.7. The predicted octanol–water partition coefficient (Wildman–Crippen LogP) is 3.57. The molecular formula is C24H31N3O4S. The molecule has 0 bridgehead atoms. The van der Waals surface area contributed by atoms with E-state index in [0.29, 0.717) is 37.6 Å². The Balaban J connectivity index is 1.69. The number of morpholine rings is 1. The maximum atomic E-state index is 13.2. The van der Waals surface area contributed by atoms with E-state index in [1.165, 1.54) is 10.7 Å². The second-order valence-electron chi connectivity index (χ2n) is 8.57. The standard InChI is InChI=1S/C24H31N3O4S/c1-18-14-19(2)16-20(15-18)24(28)25-22-17-21(32(29,30)27-10-12-31-13-11-27)6-7-23(22)26-8-4-3-5-9-26/h6-7,14-17H,3-5,8-13H2,1-2H3,(H,25,28). The highest BCUT2D eigenvalue weighted by Crippen LogP contribution is 2.32. The van der Waals surface area contributed by atoms with Crippen LogP contribution in [0.25, 0.3) is 0 Å². The number of carbonyl (C=O) groups excluding carboxylic acids is 1. The van der Waals surface area contributed by atoms with Gasteiger partial charge in [-0.2, -0.15) is 4.31 Å². The summed E-state index contributed by atoms with van der Waals surface area (Å²) in [5.41, 5.74) is 3.98. The lowest BCUT2D eigenvalue weighted by Crippen LogP contribution is -2.40. The van der Waals surface area contributed by atoms with Crippen LogP contribution in [0, 0.1) is 13.8 Å². The minimum Gasteiger partial charge on any atom is -0.379 e. The number of carbonyl (C=O) groups is 1. The summed E-state index contributed by atoms with van der Waals surface area (Å²) in [6.07, 6.45) is 3.35. The van der Waals surface area contributed by atoms with Gasteiger partial charge in [0.05, 0.1) is 29.5 Å². The van der Waals surface area contributed by atoms with Crippen molar-refractivity contribution in [1.29, 1.82) is 0 Å². The van der Waals surface area contributed by atoms with Crippen molar-refractivity contribution in [3.8, 4) is 0 Å². The quantitative estimate of drug-likeness (QED) is 0.743. The van der Waals surface area contributed by atoms with Crippen LogP contribution in [0.2, 0.25) is 0 Å². The molecule has 0 atom stereocenters. The number of piperidine rings is 1. The van der Waals surface area contributed by atoms with Crippen LogP contribution in [0.15, 0.2) is 41.3 Å². The van der Waals surface area contributed by atoms with Crippen molar-refractivity contribution >= 4 is 27.3 Å². The zero-order valence-electron chi connectivity index (χ0n) is 18.8. The number of aryl methyl sites for hydroxylation is 2. The van der Waals surface area contributed by atoms with Crippen molar-refractivity contribution in [2.45, 2.75) is 38.0 Å². The van der Waals surface area contributed by atoms with Gasteiger partial charge in [0, 0.05) is 31.7 Å². The number of nitrogens with zero attached hydrogens (tertiary/aromatic N) is 2. The lowest BCUT2D eigenvalue weighted by atomic mass is 10.1. The van der Waals surface area contributed by atoms with Crippen molar-refractivity contribution in [3.63, 3.8) is 0 Å². The minimum atomic E-state index is -3.66. The zero-order valence-corrected chi connectivity index (χ0v) is 19.6. The third-order valence-corrected chi connectivity index (χ3v) is 7.90. The van der Waals surface area contributed by atoms with Gasteiger partial charge in [-0.1, -0.05) is 17.2 Å². The summed E-state index contributed by atoms with van der Waals surface area (Å²) in [7, 11) is -3.66. The van der Waals surface area contributed by atoms with Gasteiger partial charge in [-0.15, -0.1) is 0 Å². The summed E-state index contributed by atoms with van der Waals surface area (Å²) >= 11 is 0. The van der Waals surface area contributed by atoms with Gasteiger partial charge in [0.15, 0.2) is 0 Å². The van der Waals surface area contributed by atoms with Gasteiger partial charge in [0.1, 0.15) is 0 Å². The van der Waals surface area contributed by atoms with E-state index in [1.54, 1.807) is 12.1 Å². The molecule has 0 aliphatic carbocycles. The van der Waals surface area contributed by atoms with E-state index in [4.69, 9.17) is 4.74 Å². The first kappa shape index (κ1) is 22.8. The van der Waals surface area contributed by atoms with Gasteiger partial charge in [-0.25, -0.2) is 8.42 Å². The Labute approximate surface area is 190 Å². The second kappa shape index (κ2) is 9.60. The Kier molecular flexibility index (Phi) is 6.83. The van der Waals surface area contributed by atoms with Crippen LogP contribution < -0.4 is 10.2 Å². The summed E-state index contributed by atoms with van der Waals surface area (Å²) in [5.74, 6) is -0.240. The molecule has 32 heavy (non-hydrogen) atoms. The van der Waals surface area contributed by atoms with Gasteiger partial charge >= 0.3 is 0 Å². The molecule has 1 N–H and O–H groups in total. The number of hydrogen-bond acceptors (Lipinski definition) is 5. The van der Waals surface area contributed by atoms with E-state index in [9.17, 15) is 13.2 Å². The largest absolute Gasteiger partial charge is 0.379 e. The van der Waals surface area contributed by atoms with Gasteiger partial charge < -0.3 is 15.0 Å². The van der Waals surface area contributed by atoms with Crippen LogP contribution in [-0.2, 0) is 14.8 Å². The highest BCUT2D eigenvalue weighted by atomic mass is 32.2. The van der Waals surface area contributed by atoms with E-state index in [-0.39, 0.29) is 10.8 Å². The molecule has 7 nitrogen and oxygen atoms in total. The third-order valence-electron chi connectivity index (χ3n) is 6.00. The van der Waals surface area contributed by atoms with E-state index < -0.39 is 10.0 Å². The molecule has 2 aliphatic heterocycles. The van der Waals surface area contributed by atoms with Crippen LogP contribution in [-0.4, -0.2) is 58.0 Å². The Morgan fingerprint density at radius 3 is 2.22 bits per heavy atom. The Morgan fingerprint density at radius 1 is 0.906 bits per heavy atom. The monoisotopic (exact) mass is 457 g/mol. The second-order valence-corrected chi connectivity index (χ2v) is 10.5. The molecule has 0 spiro atoms. The first-order valence-electron chi connectivity index (χ1n) is 11.2. The smallest absolute Gasteiger partial charge is 0.255 e. The van der Waals surface area contributed by atoms with Crippen LogP contribution >= 0.6 is 0 Å². The van der Waals surface area contributed by atoms with Crippen molar-refractivity contribution in [2.24, 2.45) is 0 Å². The minimum absolute atomic E-state index is 0.191. The van der Waals surface area contributed by atoms with E-state index in [0.717, 1.165) is 42.7 Å². The average Bonchev–Trinajstić information content (AvgIpc) is 2.79. The van der Waals surface area contributed by atoms with Gasteiger partial charge in [-0.05, 0) is 63.4 Å². The molecule has 0 radical (unpaired) electrons. The number of anilines is 2. The molecule has 0 unspecified atom stereocenters. The number of rotatable bonds is 5. The normalized spacial score (nSPS) is 17.9. The number of sulfonamides is 1. The Bertz CT molecular complexity index is 1070. The van der Waals surface area contributed by atoms with Gasteiger partial charge in [-0.3, -0.25) is 4.79 Å². The fraction of sp³-hybridized carbons (Fsp3) is 0.458. The molecule has 0 saturated carbocycles. The molecule has 2 fully saturated rings. The number of benzene rings is 2. The summed E-state index contributed by atoms with van der Waals surface area (Å²) in [4.78, 5) is 15.5. The first-order chi connectivity index (χ1) is 15.3. The van der Waals surface area contributed by atoms with Crippen molar-refractivity contribution in [2.75, 3.05) is 49.6 Å². The highest BCUT2D eigenvalue weighted by Gasteiger charge is 2.28. The van der Waals surface area contributed by atoms with E-state index in [2.05, 4.69) is 10.2 Å².